The maximum atomic E-state index is 6.72. The number of hydrogen-bond acceptors (Lipinski definition) is 3. The van der Waals surface area contributed by atoms with Crippen LogP contribution in [0.3, 0.4) is 0 Å². The summed E-state index contributed by atoms with van der Waals surface area (Å²) in [7, 11) is 0. The highest BCUT2D eigenvalue weighted by Gasteiger charge is 2.21. The van der Waals surface area contributed by atoms with Gasteiger partial charge in [-0.25, -0.2) is 0 Å². The van der Waals surface area contributed by atoms with Gasteiger partial charge in [0.2, 0.25) is 0 Å². The molecule has 12 aromatic rings. The van der Waals surface area contributed by atoms with Gasteiger partial charge in [-0.1, -0.05) is 158 Å². The molecule has 0 fully saturated rings. The van der Waals surface area contributed by atoms with Gasteiger partial charge in [-0.15, -0.1) is 11.3 Å². The molecule has 0 unspecified atom stereocenters. The largest absolute Gasteiger partial charge is 0.455 e. The SMILES string of the molecule is c1ccc(-c2cc(-c3ccccc3)cc(-c3ccc(N(c4ccc(-c5cccc6c5sc5ccccc56)cc4)c4cccc5oc6c7ccccc7ccc6c45)cc3)c2)cc1. The molecule has 0 aliphatic heterocycles. The van der Waals surface area contributed by atoms with Crippen molar-refractivity contribution < 1.29 is 4.42 Å². The Morgan fingerprint density at radius 3 is 1.61 bits per heavy atom. The maximum Gasteiger partial charge on any atom is 0.143 e. The van der Waals surface area contributed by atoms with Crippen molar-refractivity contribution in [3.8, 4) is 44.5 Å². The van der Waals surface area contributed by atoms with Crippen molar-refractivity contribution in [3.63, 3.8) is 0 Å². The average molecular weight is 796 g/mol. The smallest absolute Gasteiger partial charge is 0.143 e. The lowest BCUT2D eigenvalue weighted by molar-refractivity contribution is 0.672. The van der Waals surface area contributed by atoms with E-state index in [1.807, 2.05) is 11.3 Å². The molecule has 3 heteroatoms. The Kier molecular flexibility index (Phi) is 8.39. The van der Waals surface area contributed by atoms with E-state index in [9.17, 15) is 0 Å². The van der Waals surface area contributed by atoms with E-state index in [1.54, 1.807) is 0 Å². The van der Waals surface area contributed by atoms with E-state index in [-0.39, 0.29) is 0 Å². The molecule has 2 heterocycles. The van der Waals surface area contributed by atoms with E-state index in [4.69, 9.17) is 4.42 Å². The van der Waals surface area contributed by atoms with Gasteiger partial charge >= 0.3 is 0 Å². The maximum absolute atomic E-state index is 6.72. The van der Waals surface area contributed by atoms with Gasteiger partial charge in [0.25, 0.3) is 0 Å². The molecule has 2 nitrogen and oxygen atoms in total. The molecule has 0 saturated heterocycles. The molecule has 0 N–H and O–H groups in total. The highest BCUT2D eigenvalue weighted by Crippen LogP contribution is 2.46. The van der Waals surface area contributed by atoms with E-state index < -0.39 is 0 Å². The number of fused-ring (bicyclic) bond motifs is 8. The van der Waals surface area contributed by atoms with Gasteiger partial charge in [0.05, 0.1) is 11.1 Å². The van der Waals surface area contributed by atoms with Crippen LogP contribution in [-0.4, -0.2) is 0 Å². The lowest BCUT2D eigenvalue weighted by Gasteiger charge is -2.27. The first-order valence-electron chi connectivity index (χ1n) is 20.7. The summed E-state index contributed by atoms with van der Waals surface area (Å²) < 4.78 is 9.35. The summed E-state index contributed by atoms with van der Waals surface area (Å²) >= 11 is 1.87. The fourth-order valence-corrected chi connectivity index (χ4v) is 10.3. The van der Waals surface area contributed by atoms with Crippen LogP contribution in [0.25, 0.3) is 97.4 Å². The zero-order valence-electron chi connectivity index (χ0n) is 33.1. The summed E-state index contributed by atoms with van der Waals surface area (Å²) in [6, 6.07) is 81.1. The van der Waals surface area contributed by atoms with E-state index in [2.05, 4.69) is 229 Å². The van der Waals surface area contributed by atoms with Gasteiger partial charge in [0.15, 0.2) is 0 Å². The second-order valence-electron chi connectivity index (χ2n) is 15.7. The van der Waals surface area contributed by atoms with Crippen LogP contribution in [-0.2, 0) is 0 Å². The molecule has 61 heavy (non-hydrogen) atoms. The van der Waals surface area contributed by atoms with Gasteiger partial charge < -0.3 is 9.32 Å². The Balaban J connectivity index is 1.01. The molecule has 0 saturated carbocycles. The second kappa shape index (κ2) is 14.5. The van der Waals surface area contributed by atoms with Gasteiger partial charge in [0, 0.05) is 42.3 Å². The Morgan fingerprint density at radius 1 is 0.361 bits per heavy atom. The zero-order chi connectivity index (χ0) is 40.3. The Hall–Kier alpha value is -7.72. The van der Waals surface area contributed by atoms with Crippen molar-refractivity contribution in [1.82, 2.24) is 0 Å². The van der Waals surface area contributed by atoms with Crippen molar-refractivity contribution in [3.05, 3.63) is 224 Å². The third kappa shape index (κ3) is 6.09. The molecule has 0 aliphatic carbocycles. The molecule has 0 atom stereocenters. The molecule has 2 aromatic heterocycles. The summed E-state index contributed by atoms with van der Waals surface area (Å²) in [6.45, 7) is 0. The van der Waals surface area contributed by atoms with E-state index in [0.29, 0.717) is 0 Å². The number of benzene rings is 10. The summed E-state index contributed by atoms with van der Waals surface area (Å²) in [5.74, 6) is 0. The summed E-state index contributed by atoms with van der Waals surface area (Å²) in [5, 5.41) is 7.09. The fraction of sp³-hybridized carbons (Fsp3) is 0. The Bertz CT molecular complexity index is 3510. The standard InChI is InChI=1S/C58H37NOS/c1-3-13-38(14-4-1)43-35-44(39-15-5-2-6-16-39)37-45(36-43)40-25-30-46(31-26-40)59(53-22-12-23-54-56(53)52-34-29-41-17-7-8-18-48(41)57(52)60-54)47-32-27-42(28-33-47)49-20-11-21-51-50-19-9-10-24-55(50)61-58(49)51/h1-37H. The minimum absolute atomic E-state index is 0.865. The predicted octanol–water partition coefficient (Wildman–Crippen LogP) is 17.2. The van der Waals surface area contributed by atoms with Crippen LogP contribution in [0.1, 0.15) is 0 Å². The van der Waals surface area contributed by atoms with Crippen LogP contribution in [0.15, 0.2) is 229 Å². The van der Waals surface area contributed by atoms with Crippen LogP contribution in [0.4, 0.5) is 17.1 Å². The first kappa shape index (κ1) is 35.2. The van der Waals surface area contributed by atoms with Crippen LogP contribution < -0.4 is 4.90 Å². The third-order valence-electron chi connectivity index (χ3n) is 12.1. The molecule has 0 amide bonds. The molecule has 0 radical (unpaired) electrons. The first-order valence-corrected chi connectivity index (χ1v) is 21.6. The van der Waals surface area contributed by atoms with Crippen molar-refractivity contribution in [2.75, 3.05) is 4.90 Å². The predicted molar refractivity (Wildman–Crippen MR) is 261 cm³/mol. The number of nitrogens with zero attached hydrogens (tertiary/aromatic N) is 1. The van der Waals surface area contributed by atoms with Crippen LogP contribution >= 0.6 is 11.3 Å². The Morgan fingerprint density at radius 2 is 0.918 bits per heavy atom. The molecular formula is C58H37NOS. The molecule has 0 aliphatic rings. The summed E-state index contributed by atoms with van der Waals surface area (Å²) in [4.78, 5) is 2.38. The molecular weight excluding hydrogens is 759 g/mol. The highest BCUT2D eigenvalue weighted by atomic mass is 32.1. The molecule has 10 aromatic carbocycles. The Labute approximate surface area is 357 Å². The van der Waals surface area contributed by atoms with E-state index in [1.165, 1.54) is 64.5 Å². The minimum atomic E-state index is 0.865. The monoisotopic (exact) mass is 795 g/mol. The third-order valence-corrected chi connectivity index (χ3v) is 13.3. The normalized spacial score (nSPS) is 11.6. The van der Waals surface area contributed by atoms with Gasteiger partial charge in [-0.3, -0.25) is 0 Å². The van der Waals surface area contributed by atoms with Crippen molar-refractivity contribution in [1.29, 1.82) is 0 Å². The van der Waals surface area contributed by atoms with Crippen LogP contribution in [0.2, 0.25) is 0 Å². The fourth-order valence-electron chi connectivity index (χ4n) is 9.10. The van der Waals surface area contributed by atoms with Crippen molar-refractivity contribution >= 4 is 81.3 Å². The summed E-state index contributed by atoms with van der Waals surface area (Å²) in [5.41, 5.74) is 14.5. The zero-order valence-corrected chi connectivity index (χ0v) is 33.9. The molecule has 0 bridgehead atoms. The van der Waals surface area contributed by atoms with Crippen molar-refractivity contribution in [2.24, 2.45) is 0 Å². The van der Waals surface area contributed by atoms with E-state index in [0.717, 1.165) is 50.0 Å². The minimum Gasteiger partial charge on any atom is -0.455 e. The lowest BCUT2D eigenvalue weighted by Crippen LogP contribution is -2.10. The van der Waals surface area contributed by atoms with Gasteiger partial charge in [0.1, 0.15) is 11.2 Å². The van der Waals surface area contributed by atoms with Crippen LogP contribution in [0, 0.1) is 0 Å². The molecule has 12 rings (SSSR count). The van der Waals surface area contributed by atoms with Gasteiger partial charge in [-0.2, -0.15) is 0 Å². The topological polar surface area (TPSA) is 16.4 Å². The number of rotatable bonds is 7. The average Bonchev–Trinajstić information content (AvgIpc) is 3.92. The van der Waals surface area contributed by atoms with Crippen LogP contribution in [0.5, 0.6) is 0 Å². The second-order valence-corrected chi connectivity index (χ2v) is 16.7. The highest BCUT2D eigenvalue weighted by molar-refractivity contribution is 7.26. The number of hydrogen-bond donors (Lipinski definition) is 0. The van der Waals surface area contributed by atoms with E-state index >= 15 is 0 Å². The first-order chi connectivity index (χ1) is 30.2. The molecule has 286 valence electrons. The number of thiophene rings is 1. The number of anilines is 3. The van der Waals surface area contributed by atoms with Crippen molar-refractivity contribution in [2.45, 2.75) is 0 Å². The quantitative estimate of drug-likeness (QED) is 0.160. The number of furan rings is 1. The molecule has 0 spiro atoms. The van der Waals surface area contributed by atoms with Gasteiger partial charge in [-0.05, 0) is 117 Å². The lowest BCUT2D eigenvalue weighted by atomic mass is 9.93. The summed E-state index contributed by atoms with van der Waals surface area (Å²) in [6.07, 6.45) is 0.